The van der Waals surface area contributed by atoms with Gasteiger partial charge in [-0.3, -0.25) is 9.69 Å². The normalized spacial score (nSPS) is 23.0. The lowest BCUT2D eigenvalue weighted by atomic mass is 9.88. The van der Waals surface area contributed by atoms with Gasteiger partial charge in [0.05, 0.1) is 7.11 Å². The van der Waals surface area contributed by atoms with E-state index in [9.17, 15) is 14.3 Å². The van der Waals surface area contributed by atoms with Crippen molar-refractivity contribution in [1.29, 1.82) is 0 Å². The Kier molecular flexibility index (Phi) is 5.17. The van der Waals surface area contributed by atoms with Crippen LogP contribution in [0.4, 0.5) is 4.39 Å². The van der Waals surface area contributed by atoms with Crippen LogP contribution in [-0.4, -0.2) is 35.7 Å². The van der Waals surface area contributed by atoms with Crippen LogP contribution in [0.15, 0.2) is 18.2 Å². The van der Waals surface area contributed by atoms with Crippen molar-refractivity contribution in [3.63, 3.8) is 0 Å². The van der Waals surface area contributed by atoms with E-state index in [-0.39, 0.29) is 5.82 Å². The Balaban J connectivity index is 2.12. The third-order valence-electron chi connectivity index (χ3n) is 4.32. The van der Waals surface area contributed by atoms with Crippen LogP contribution in [0, 0.1) is 11.7 Å². The van der Waals surface area contributed by atoms with Crippen molar-refractivity contribution in [1.82, 2.24) is 4.90 Å². The molecule has 4 nitrogen and oxygen atoms in total. The molecule has 116 valence electrons. The quantitative estimate of drug-likeness (QED) is 0.907. The molecule has 0 aliphatic carbocycles. The summed E-state index contributed by atoms with van der Waals surface area (Å²) in [6, 6.07) is 4.18. The number of ether oxygens (including phenoxy) is 1. The minimum Gasteiger partial charge on any atom is -0.497 e. The molecule has 2 atom stereocenters. The molecular formula is C16H22FNO3. The summed E-state index contributed by atoms with van der Waals surface area (Å²) in [5.74, 6) is -0.253. The molecule has 1 N–H and O–H groups in total. The number of likely N-dealkylation sites (tertiary alicyclic amines) is 1. The van der Waals surface area contributed by atoms with E-state index in [1.54, 1.807) is 12.1 Å². The van der Waals surface area contributed by atoms with Gasteiger partial charge in [0.15, 0.2) is 0 Å². The van der Waals surface area contributed by atoms with Crippen LogP contribution in [0.1, 0.15) is 31.7 Å². The van der Waals surface area contributed by atoms with Crippen molar-refractivity contribution in [2.24, 2.45) is 5.92 Å². The molecular weight excluding hydrogens is 273 g/mol. The number of carboxylic acids is 1. The van der Waals surface area contributed by atoms with Crippen LogP contribution in [0.25, 0.3) is 0 Å². The lowest BCUT2D eigenvalue weighted by Gasteiger charge is -2.37. The number of carboxylic acid groups (broad SMARTS) is 1. The highest BCUT2D eigenvalue weighted by Crippen LogP contribution is 2.28. The molecule has 21 heavy (non-hydrogen) atoms. The number of piperidine rings is 1. The fourth-order valence-corrected chi connectivity index (χ4v) is 2.91. The minimum atomic E-state index is -0.818. The molecule has 1 aliphatic heterocycles. The van der Waals surface area contributed by atoms with Gasteiger partial charge in [0.1, 0.15) is 17.6 Å². The first-order valence-corrected chi connectivity index (χ1v) is 7.34. The highest BCUT2D eigenvalue weighted by atomic mass is 19.1. The first-order valence-electron chi connectivity index (χ1n) is 7.34. The third-order valence-corrected chi connectivity index (χ3v) is 4.32. The van der Waals surface area contributed by atoms with E-state index >= 15 is 0 Å². The predicted octanol–water partition coefficient (Wildman–Crippen LogP) is 2.91. The van der Waals surface area contributed by atoms with Gasteiger partial charge in [-0.15, -0.1) is 0 Å². The van der Waals surface area contributed by atoms with Gasteiger partial charge in [0.2, 0.25) is 0 Å². The second-order valence-corrected chi connectivity index (χ2v) is 5.58. The zero-order valence-corrected chi connectivity index (χ0v) is 12.5. The van der Waals surface area contributed by atoms with Crippen LogP contribution in [0.2, 0.25) is 0 Å². The Labute approximate surface area is 124 Å². The van der Waals surface area contributed by atoms with Gasteiger partial charge in [-0.05, 0) is 31.4 Å². The average molecular weight is 295 g/mol. The number of methoxy groups -OCH3 is 1. The van der Waals surface area contributed by atoms with Gasteiger partial charge in [-0.25, -0.2) is 4.39 Å². The van der Waals surface area contributed by atoms with Crippen molar-refractivity contribution in [2.75, 3.05) is 13.7 Å². The number of aliphatic carboxylic acids is 1. The topological polar surface area (TPSA) is 49.8 Å². The first-order chi connectivity index (χ1) is 10.0. The largest absolute Gasteiger partial charge is 0.497 e. The number of carbonyl (C=O) groups is 1. The SMILES string of the molecule is CCC1CCN(Cc2ccc(OC)cc2F)C(C(=O)O)C1. The summed E-state index contributed by atoms with van der Waals surface area (Å²) in [4.78, 5) is 13.3. The van der Waals surface area contributed by atoms with Gasteiger partial charge < -0.3 is 9.84 Å². The number of rotatable bonds is 5. The molecule has 0 amide bonds. The standard InChI is InChI=1S/C16H22FNO3/c1-3-11-6-7-18(15(8-11)16(19)20)10-12-4-5-13(21-2)9-14(12)17/h4-5,9,11,15H,3,6-8,10H2,1-2H3,(H,19,20). The van der Waals surface area contributed by atoms with Gasteiger partial charge in [0.25, 0.3) is 0 Å². The fraction of sp³-hybridized carbons (Fsp3) is 0.562. The molecule has 2 rings (SSSR count). The van der Waals surface area contributed by atoms with Crippen LogP contribution >= 0.6 is 0 Å². The maximum Gasteiger partial charge on any atom is 0.320 e. The predicted molar refractivity (Wildman–Crippen MR) is 77.8 cm³/mol. The molecule has 1 fully saturated rings. The highest BCUT2D eigenvalue weighted by Gasteiger charge is 2.32. The zero-order chi connectivity index (χ0) is 15.4. The van der Waals surface area contributed by atoms with E-state index in [4.69, 9.17) is 4.74 Å². The average Bonchev–Trinajstić information content (AvgIpc) is 2.49. The molecule has 1 aliphatic rings. The Morgan fingerprint density at radius 3 is 2.86 bits per heavy atom. The Bertz CT molecular complexity index is 506. The fourth-order valence-electron chi connectivity index (χ4n) is 2.91. The molecule has 1 aromatic carbocycles. The second kappa shape index (κ2) is 6.89. The van der Waals surface area contributed by atoms with Gasteiger partial charge in [0, 0.05) is 18.2 Å². The minimum absolute atomic E-state index is 0.323. The van der Waals surface area contributed by atoms with Gasteiger partial charge >= 0.3 is 5.97 Å². The molecule has 0 spiro atoms. The highest BCUT2D eigenvalue weighted by molar-refractivity contribution is 5.73. The second-order valence-electron chi connectivity index (χ2n) is 5.58. The molecule has 0 aromatic heterocycles. The maximum absolute atomic E-state index is 14.0. The summed E-state index contributed by atoms with van der Waals surface area (Å²) in [5.41, 5.74) is 0.511. The lowest BCUT2D eigenvalue weighted by molar-refractivity contribution is -0.145. The number of benzene rings is 1. The van der Waals surface area contributed by atoms with E-state index in [0.717, 1.165) is 12.8 Å². The number of halogens is 1. The van der Waals surface area contributed by atoms with Crippen molar-refractivity contribution in [2.45, 2.75) is 38.8 Å². The zero-order valence-electron chi connectivity index (χ0n) is 12.5. The van der Waals surface area contributed by atoms with Gasteiger partial charge in [-0.2, -0.15) is 0 Å². The van der Waals surface area contributed by atoms with Crippen molar-refractivity contribution < 1.29 is 19.0 Å². The van der Waals surface area contributed by atoms with E-state index in [1.165, 1.54) is 13.2 Å². The molecule has 0 saturated carbocycles. The van der Waals surface area contributed by atoms with Crippen LogP contribution in [-0.2, 0) is 11.3 Å². The summed E-state index contributed by atoms with van der Waals surface area (Å²) in [5, 5.41) is 9.40. The van der Waals surface area contributed by atoms with Crippen molar-refractivity contribution in [3.8, 4) is 5.75 Å². The number of hydrogen-bond acceptors (Lipinski definition) is 3. The van der Waals surface area contributed by atoms with E-state index in [2.05, 4.69) is 6.92 Å². The monoisotopic (exact) mass is 295 g/mol. The summed E-state index contributed by atoms with van der Waals surface area (Å²) in [6.45, 7) is 3.10. The molecule has 0 radical (unpaired) electrons. The van der Waals surface area contributed by atoms with E-state index in [0.29, 0.717) is 36.7 Å². The Morgan fingerprint density at radius 1 is 1.52 bits per heavy atom. The van der Waals surface area contributed by atoms with Crippen molar-refractivity contribution in [3.05, 3.63) is 29.6 Å². The van der Waals surface area contributed by atoms with Crippen LogP contribution in [0.5, 0.6) is 5.75 Å². The molecule has 1 heterocycles. The molecule has 5 heteroatoms. The smallest absolute Gasteiger partial charge is 0.320 e. The Hall–Kier alpha value is -1.62. The molecule has 2 unspecified atom stereocenters. The maximum atomic E-state index is 14.0. The van der Waals surface area contributed by atoms with Gasteiger partial charge in [-0.1, -0.05) is 19.4 Å². The number of hydrogen-bond donors (Lipinski definition) is 1. The number of nitrogens with zero attached hydrogens (tertiary/aromatic N) is 1. The summed E-state index contributed by atoms with van der Waals surface area (Å²) < 4.78 is 19.0. The third kappa shape index (κ3) is 3.73. The lowest BCUT2D eigenvalue weighted by Crippen LogP contribution is -2.46. The summed E-state index contributed by atoms with van der Waals surface area (Å²) in [6.07, 6.45) is 2.61. The van der Waals surface area contributed by atoms with E-state index in [1.807, 2.05) is 4.90 Å². The van der Waals surface area contributed by atoms with E-state index < -0.39 is 12.0 Å². The van der Waals surface area contributed by atoms with Crippen molar-refractivity contribution >= 4 is 5.97 Å². The summed E-state index contributed by atoms with van der Waals surface area (Å²) in [7, 11) is 1.49. The van der Waals surface area contributed by atoms with Crippen LogP contribution in [0.3, 0.4) is 0 Å². The molecule has 0 bridgehead atoms. The summed E-state index contributed by atoms with van der Waals surface area (Å²) >= 11 is 0. The first kappa shape index (κ1) is 15.8. The molecule has 1 aromatic rings. The Morgan fingerprint density at radius 2 is 2.29 bits per heavy atom. The molecule has 1 saturated heterocycles. The van der Waals surface area contributed by atoms with Crippen LogP contribution < -0.4 is 4.74 Å².